The highest BCUT2D eigenvalue weighted by Crippen LogP contribution is 2.40. The summed E-state index contributed by atoms with van der Waals surface area (Å²) in [5, 5.41) is 3.09. The molecule has 1 aromatic carbocycles. The minimum atomic E-state index is -0.735. The summed E-state index contributed by atoms with van der Waals surface area (Å²) in [6.45, 7) is 10.2. The van der Waals surface area contributed by atoms with Crippen molar-refractivity contribution >= 4 is 13.0 Å². The van der Waals surface area contributed by atoms with Crippen molar-refractivity contribution in [2.75, 3.05) is 13.7 Å². The molecular weight excluding hydrogens is 355 g/mol. The number of carbonyl (C=O) groups is 1. The Bertz CT molecular complexity index is 637. The molecule has 0 radical (unpaired) electrons. The van der Waals surface area contributed by atoms with E-state index >= 15 is 0 Å². The molecular formula is C21H35BN2O4. The summed E-state index contributed by atoms with van der Waals surface area (Å²) in [6, 6.07) is 9.57. The number of nitrogens with one attached hydrogen (secondary N) is 1. The van der Waals surface area contributed by atoms with Crippen molar-refractivity contribution in [3.63, 3.8) is 0 Å². The van der Waals surface area contributed by atoms with E-state index in [0.717, 1.165) is 12.8 Å². The number of hydrogen-bond donors (Lipinski definition) is 2. The van der Waals surface area contributed by atoms with Gasteiger partial charge in [0.2, 0.25) is 5.91 Å². The Hall–Kier alpha value is -1.41. The van der Waals surface area contributed by atoms with Crippen molar-refractivity contribution in [2.24, 2.45) is 5.73 Å². The predicted octanol–water partition coefficient (Wildman–Crippen LogP) is 2.49. The van der Waals surface area contributed by atoms with Crippen LogP contribution in [-0.2, 0) is 25.3 Å². The molecule has 0 saturated carbocycles. The third-order valence-corrected chi connectivity index (χ3v) is 5.87. The number of carbonyl (C=O) groups excluding carboxylic acids is 1. The van der Waals surface area contributed by atoms with E-state index in [1.807, 2.05) is 52.8 Å². The number of benzene rings is 1. The van der Waals surface area contributed by atoms with E-state index in [0.29, 0.717) is 6.42 Å². The van der Waals surface area contributed by atoms with Crippen molar-refractivity contribution in [1.82, 2.24) is 5.32 Å². The Balaban J connectivity index is 2.14. The van der Waals surface area contributed by atoms with Gasteiger partial charge in [-0.15, -0.1) is 0 Å². The average molecular weight is 390 g/mol. The molecule has 1 saturated heterocycles. The Morgan fingerprint density at radius 3 is 2.32 bits per heavy atom. The Morgan fingerprint density at radius 1 is 1.21 bits per heavy atom. The van der Waals surface area contributed by atoms with Gasteiger partial charge in [0, 0.05) is 7.11 Å². The number of nitrogens with two attached hydrogens (primary N) is 1. The second-order valence-corrected chi connectivity index (χ2v) is 8.90. The van der Waals surface area contributed by atoms with Gasteiger partial charge in [-0.05, 0) is 59.4 Å². The molecule has 7 heteroatoms. The molecule has 0 aliphatic carbocycles. The number of aryl methyl sites for hydroxylation is 1. The molecule has 1 aliphatic rings. The number of rotatable bonds is 9. The van der Waals surface area contributed by atoms with Gasteiger partial charge in [0.05, 0.1) is 23.2 Å². The molecule has 6 nitrogen and oxygen atoms in total. The van der Waals surface area contributed by atoms with Gasteiger partial charge >= 0.3 is 7.12 Å². The minimum absolute atomic E-state index is 0.162. The maximum Gasteiger partial charge on any atom is 0.484 e. The van der Waals surface area contributed by atoms with Gasteiger partial charge in [-0.3, -0.25) is 4.79 Å². The fraction of sp³-hybridized carbons (Fsp3) is 0.667. The highest BCUT2D eigenvalue weighted by atomic mass is 16.7. The standard InChI is InChI=1S/C21H35BN2O4/c1-19(2)20(3,4)28-22(27-19)21(5,24-18(25)17(23)15-26-6)14-10-13-16-11-8-7-9-12-16/h7-9,11-12,17H,10,13-15,23H2,1-6H3,(H,24,25). The molecule has 1 amide bonds. The highest BCUT2D eigenvalue weighted by molar-refractivity contribution is 6.50. The largest absolute Gasteiger partial charge is 0.484 e. The van der Waals surface area contributed by atoms with E-state index in [9.17, 15) is 4.79 Å². The van der Waals surface area contributed by atoms with Crippen LogP contribution in [-0.4, -0.2) is 49.4 Å². The molecule has 2 rings (SSSR count). The maximum atomic E-state index is 12.6. The summed E-state index contributed by atoms with van der Waals surface area (Å²) in [7, 11) is 0.965. The van der Waals surface area contributed by atoms with Gasteiger partial charge in [0.15, 0.2) is 0 Å². The van der Waals surface area contributed by atoms with Crippen molar-refractivity contribution < 1.29 is 18.8 Å². The van der Waals surface area contributed by atoms with Crippen LogP contribution < -0.4 is 11.1 Å². The SMILES string of the molecule is COCC(N)C(=O)NC(C)(CCCc1ccccc1)B1OC(C)(C)C(C)(C)O1. The lowest BCUT2D eigenvalue weighted by molar-refractivity contribution is -0.124. The van der Waals surface area contributed by atoms with Crippen LogP contribution >= 0.6 is 0 Å². The zero-order valence-corrected chi connectivity index (χ0v) is 18.1. The molecule has 2 atom stereocenters. The normalized spacial score (nSPS) is 21.2. The summed E-state index contributed by atoms with van der Waals surface area (Å²) in [5.74, 6) is -0.265. The molecule has 0 aromatic heterocycles. The first-order chi connectivity index (χ1) is 13.0. The van der Waals surface area contributed by atoms with Crippen LogP contribution in [0.3, 0.4) is 0 Å². The lowest BCUT2D eigenvalue weighted by Gasteiger charge is -2.34. The monoisotopic (exact) mass is 390 g/mol. The van der Waals surface area contributed by atoms with Crippen molar-refractivity contribution in [3.8, 4) is 0 Å². The molecule has 0 spiro atoms. The summed E-state index contributed by atoms with van der Waals surface area (Å²) in [5.41, 5.74) is 5.55. The van der Waals surface area contributed by atoms with E-state index in [-0.39, 0.29) is 12.5 Å². The quantitative estimate of drug-likeness (QED) is 0.633. The number of hydrogen-bond acceptors (Lipinski definition) is 5. The Kier molecular flexibility index (Phi) is 7.31. The van der Waals surface area contributed by atoms with Crippen molar-refractivity contribution in [3.05, 3.63) is 35.9 Å². The van der Waals surface area contributed by atoms with Gasteiger partial charge in [-0.2, -0.15) is 0 Å². The topological polar surface area (TPSA) is 82.8 Å². The van der Waals surface area contributed by atoms with Gasteiger partial charge in [-0.25, -0.2) is 0 Å². The minimum Gasteiger partial charge on any atom is -0.402 e. The smallest absolute Gasteiger partial charge is 0.402 e. The second kappa shape index (κ2) is 8.95. The van der Waals surface area contributed by atoms with Crippen LogP contribution in [0.15, 0.2) is 30.3 Å². The van der Waals surface area contributed by atoms with Crippen LogP contribution in [0, 0.1) is 0 Å². The van der Waals surface area contributed by atoms with Crippen LogP contribution in [0.5, 0.6) is 0 Å². The van der Waals surface area contributed by atoms with E-state index in [1.54, 1.807) is 0 Å². The zero-order chi connectivity index (χ0) is 21.0. The first kappa shape index (κ1) is 22.9. The van der Waals surface area contributed by atoms with Crippen LogP contribution in [0.1, 0.15) is 53.0 Å². The number of ether oxygens (including phenoxy) is 1. The first-order valence-corrected chi connectivity index (χ1v) is 9.97. The van der Waals surface area contributed by atoms with Crippen LogP contribution in [0.2, 0.25) is 0 Å². The van der Waals surface area contributed by atoms with Gasteiger partial charge < -0.3 is 25.1 Å². The Morgan fingerprint density at radius 2 is 1.79 bits per heavy atom. The van der Waals surface area contributed by atoms with Crippen LogP contribution in [0.25, 0.3) is 0 Å². The van der Waals surface area contributed by atoms with Gasteiger partial charge in [0.25, 0.3) is 0 Å². The van der Waals surface area contributed by atoms with Crippen molar-refractivity contribution in [2.45, 2.75) is 76.6 Å². The van der Waals surface area contributed by atoms with E-state index in [4.69, 9.17) is 19.8 Å². The summed E-state index contributed by atoms with van der Waals surface area (Å²) < 4.78 is 17.5. The number of methoxy groups -OCH3 is 1. The third-order valence-electron chi connectivity index (χ3n) is 5.87. The molecule has 1 heterocycles. The Labute approximate surface area is 169 Å². The average Bonchev–Trinajstić information content (AvgIpc) is 2.84. The van der Waals surface area contributed by atoms with Gasteiger partial charge in [-0.1, -0.05) is 30.3 Å². The molecule has 1 aromatic rings. The summed E-state index contributed by atoms with van der Waals surface area (Å²) in [4.78, 5) is 12.6. The predicted molar refractivity (Wildman–Crippen MR) is 112 cm³/mol. The van der Waals surface area contributed by atoms with E-state index in [1.165, 1.54) is 12.7 Å². The fourth-order valence-corrected chi connectivity index (χ4v) is 3.28. The van der Waals surface area contributed by atoms with Crippen LogP contribution in [0.4, 0.5) is 0 Å². The van der Waals surface area contributed by atoms with E-state index < -0.39 is 29.8 Å². The molecule has 3 N–H and O–H groups in total. The fourth-order valence-electron chi connectivity index (χ4n) is 3.28. The lowest BCUT2D eigenvalue weighted by Crippen LogP contribution is -2.61. The molecule has 2 unspecified atom stereocenters. The lowest BCUT2D eigenvalue weighted by atomic mass is 9.62. The molecule has 1 aliphatic heterocycles. The second-order valence-electron chi connectivity index (χ2n) is 8.90. The molecule has 1 fully saturated rings. The summed E-state index contributed by atoms with van der Waals surface area (Å²) >= 11 is 0. The maximum absolute atomic E-state index is 12.6. The first-order valence-electron chi connectivity index (χ1n) is 9.97. The highest BCUT2D eigenvalue weighted by Gasteiger charge is 2.58. The van der Waals surface area contributed by atoms with E-state index in [2.05, 4.69) is 17.4 Å². The van der Waals surface area contributed by atoms with Crippen molar-refractivity contribution in [1.29, 1.82) is 0 Å². The van der Waals surface area contributed by atoms with Gasteiger partial charge in [0.1, 0.15) is 6.04 Å². The molecule has 0 bridgehead atoms. The third kappa shape index (κ3) is 5.35. The molecule has 28 heavy (non-hydrogen) atoms. The summed E-state index contributed by atoms with van der Waals surface area (Å²) in [6.07, 6.45) is 2.49. The molecule has 156 valence electrons. The zero-order valence-electron chi connectivity index (χ0n) is 18.1. The number of amides is 1.